The number of aromatic nitrogens is 2. The SMILES string of the molecule is O=C(O[C@H]1CO[C@H]2[C@@H]1OC[C@@H]2OCc1c(-c2c(Cl)cccc2Cl)noc1C1CC1)c1ccccc1.O[C@@H]1CO[C@H]2[C@@H]1OC[C@H]2OCc1c(-c2c(Cl)cccc2Cl)noc1C1CC1. The summed E-state index contributed by atoms with van der Waals surface area (Å²) in [6, 6.07) is 19.6. The van der Waals surface area contributed by atoms with Crippen LogP contribution in [0.5, 0.6) is 0 Å². The van der Waals surface area contributed by atoms with Gasteiger partial charge in [-0.15, -0.1) is 0 Å². The number of benzene rings is 3. The van der Waals surface area contributed by atoms with Crippen LogP contribution in [0.4, 0.5) is 0 Å². The third-order valence-corrected chi connectivity index (χ3v) is 13.3. The minimum absolute atomic E-state index is 0.247. The number of aliphatic hydroxyl groups is 1. The zero-order chi connectivity index (χ0) is 42.5. The van der Waals surface area contributed by atoms with Gasteiger partial charge in [-0.25, -0.2) is 4.79 Å². The summed E-state index contributed by atoms with van der Waals surface area (Å²) in [6.07, 6.45) is 1.30. The Hall–Kier alpha value is -3.57. The predicted octanol–water partition coefficient (Wildman–Crippen LogP) is 9.00. The smallest absolute Gasteiger partial charge is 0.338 e. The Labute approximate surface area is 376 Å². The zero-order valence-corrected chi connectivity index (χ0v) is 36.2. The molecule has 4 aliphatic heterocycles. The van der Waals surface area contributed by atoms with Crippen LogP contribution in [0.15, 0.2) is 75.8 Å². The molecular weight excluding hydrogens is 886 g/mol. The molecule has 17 heteroatoms. The highest BCUT2D eigenvalue weighted by atomic mass is 35.5. The standard InChI is InChI=1S/C26H23Cl2NO6.C19H19Cl2NO5/c27-17-7-4-8-18(28)21(17)22-16(23(35-29-22)14-9-10-14)11-31-19-12-32-25-20(13-33-24(19)25)34-26(30)15-5-2-1-3-6-15;20-11-2-1-3-12(21)15(11)16-10(17(27-22-16)9-4-5-9)6-24-14-8-26-18-13(23)7-25-19(14)18/h1-8,14,19-20,24-25H,9-13H2;1-3,9,13-14,18-19,23H,4-8H2/t19-,20-,24+,25+;13-,14-,18-,19-/m01/s1. The van der Waals surface area contributed by atoms with Crippen LogP contribution in [0, 0.1) is 0 Å². The van der Waals surface area contributed by atoms with E-state index in [1.165, 1.54) is 0 Å². The van der Waals surface area contributed by atoms with E-state index in [9.17, 15) is 9.90 Å². The van der Waals surface area contributed by atoms with Gasteiger partial charge in [-0.1, -0.05) is 87.0 Å². The summed E-state index contributed by atoms with van der Waals surface area (Å²) in [5.41, 5.74) is 4.71. The van der Waals surface area contributed by atoms with Gasteiger partial charge >= 0.3 is 5.97 Å². The Kier molecular flexibility index (Phi) is 12.4. The quantitative estimate of drug-likeness (QED) is 0.119. The monoisotopic (exact) mass is 926 g/mol. The third-order valence-electron chi connectivity index (χ3n) is 12.0. The molecule has 3 aromatic carbocycles. The molecule has 326 valence electrons. The molecule has 2 saturated carbocycles. The molecule has 0 amide bonds. The predicted molar refractivity (Wildman–Crippen MR) is 226 cm³/mol. The van der Waals surface area contributed by atoms with E-state index in [4.69, 9.17) is 88.6 Å². The summed E-state index contributed by atoms with van der Waals surface area (Å²) < 4.78 is 52.6. The number of fused-ring (bicyclic) bond motifs is 2. The fraction of sp³-hybridized carbons (Fsp3) is 0.444. The van der Waals surface area contributed by atoms with Crippen LogP contribution >= 0.6 is 46.4 Å². The molecule has 11 rings (SSSR count). The number of ether oxygens (including phenoxy) is 7. The number of hydrogen-bond acceptors (Lipinski definition) is 13. The molecule has 6 fully saturated rings. The van der Waals surface area contributed by atoms with E-state index in [1.54, 1.807) is 60.7 Å². The van der Waals surface area contributed by atoms with Crippen molar-refractivity contribution in [2.75, 3.05) is 26.4 Å². The lowest BCUT2D eigenvalue weighted by Gasteiger charge is -2.18. The van der Waals surface area contributed by atoms with Gasteiger partial charge in [0.05, 0.1) is 65.3 Å². The van der Waals surface area contributed by atoms with Crippen LogP contribution in [-0.4, -0.2) is 96.6 Å². The number of esters is 1. The molecule has 0 unspecified atom stereocenters. The van der Waals surface area contributed by atoms with Crippen molar-refractivity contribution in [3.8, 4) is 22.5 Å². The molecule has 62 heavy (non-hydrogen) atoms. The van der Waals surface area contributed by atoms with Crippen molar-refractivity contribution in [3.63, 3.8) is 0 Å². The first kappa shape index (κ1) is 42.4. The number of halogens is 4. The maximum atomic E-state index is 12.5. The number of carbonyl (C=O) groups excluding carboxylic acids is 1. The lowest BCUT2D eigenvalue weighted by Crippen LogP contribution is -2.35. The van der Waals surface area contributed by atoms with Gasteiger partial charge in [0.1, 0.15) is 65.6 Å². The Morgan fingerprint density at radius 2 is 1.02 bits per heavy atom. The first-order valence-corrected chi connectivity index (χ1v) is 22.2. The van der Waals surface area contributed by atoms with Crippen molar-refractivity contribution in [3.05, 3.63) is 115 Å². The second-order valence-electron chi connectivity index (χ2n) is 16.3. The first-order valence-electron chi connectivity index (χ1n) is 20.7. The molecule has 13 nitrogen and oxygen atoms in total. The summed E-state index contributed by atoms with van der Waals surface area (Å²) >= 11 is 25.7. The van der Waals surface area contributed by atoms with Gasteiger partial charge in [-0.2, -0.15) is 0 Å². The van der Waals surface area contributed by atoms with Crippen LogP contribution in [0.2, 0.25) is 20.1 Å². The zero-order valence-electron chi connectivity index (χ0n) is 33.1. The van der Waals surface area contributed by atoms with Gasteiger partial charge in [-0.05, 0) is 62.1 Å². The molecule has 6 aliphatic rings. The molecular formula is C45H42Cl4N2O11. The van der Waals surface area contributed by atoms with Gasteiger partial charge < -0.3 is 47.3 Å². The summed E-state index contributed by atoms with van der Waals surface area (Å²) in [6.45, 7) is 1.80. The van der Waals surface area contributed by atoms with Crippen molar-refractivity contribution in [2.45, 2.75) is 99.6 Å². The lowest BCUT2D eigenvalue weighted by atomic mass is 10.0. The molecule has 8 atom stereocenters. The van der Waals surface area contributed by atoms with Crippen LogP contribution < -0.4 is 0 Å². The average molecular weight is 929 g/mol. The van der Waals surface area contributed by atoms with Crippen molar-refractivity contribution in [2.24, 2.45) is 0 Å². The average Bonchev–Trinajstić information content (AvgIpc) is 3.94. The van der Waals surface area contributed by atoms with Crippen LogP contribution in [0.3, 0.4) is 0 Å². The molecule has 2 aromatic heterocycles. The molecule has 4 saturated heterocycles. The maximum Gasteiger partial charge on any atom is 0.338 e. The molecule has 1 N–H and O–H groups in total. The number of hydrogen-bond donors (Lipinski definition) is 1. The Morgan fingerprint density at radius 3 is 1.52 bits per heavy atom. The van der Waals surface area contributed by atoms with Crippen LogP contribution in [-0.2, 0) is 46.4 Å². The van der Waals surface area contributed by atoms with Gasteiger partial charge in [0.15, 0.2) is 6.10 Å². The minimum atomic E-state index is -0.598. The van der Waals surface area contributed by atoms with E-state index < -0.39 is 18.2 Å². The largest absolute Gasteiger partial charge is 0.453 e. The molecule has 0 radical (unpaired) electrons. The molecule has 5 aromatic rings. The number of carbonyl (C=O) groups is 1. The summed E-state index contributed by atoms with van der Waals surface area (Å²) in [7, 11) is 0. The topological polar surface area (TPSA) is 154 Å². The minimum Gasteiger partial charge on any atom is -0.453 e. The molecule has 2 aliphatic carbocycles. The first-order chi connectivity index (χ1) is 30.2. The summed E-state index contributed by atoms with van der Waals surface area (Å²) in [5, 5.41) is 20.5. The van der Waals surface area contributed by atoms with E-state index in [0.717, 1.165) is 48.3 Å². The van der Waals surface area contributed by atoms with E-state index in [1.807, 2.05) is 6.07 Å². The number of aliphatic hydroxyl groups excluding tert-OH is 1. The van der Waals surface area contributed by atoms with Crippen LogP contribution in [0.1, 0.15) is 70.5 Å². The second-order valence-corrected chi connectivity index (χ2v) is 17.9. The van der Waals surface area contributed by atoms with Crippen molar-refractivity contribution >= 4 is 52.4 Å². The highest BCUT2D eigenvalue weighted by Gasteiger charge is 2.51. The third kappa shape index (κ3) is 8.55. The van der Waals surface area contributed by atoms with E-state index in [2.05, 4.69) is 10.3 Å². The van der Waals surface area contributed by atoms with Crippen LogP contribution in [0.25, 0.3) is 22.5 Å². The number of nitrogens with zero attached hydrogens (tertiary/aromatic N) is 2. The molecule has 0 bridgehead atoms. The van der Waals surface area contributed by atoms with Gasteiger partial charge in [0.25, 0.3) is 0 Å². The van der Waals surface area contributed by atoms with E-state index in [0.29, 0.717) is 79.8 Å². The van der Waals surface area contributed by atoms with E-state index in [-0.39, 0.29) is 56.4 Å². The number of rotatable bonds is 12. The van der Waals surface area contributed by atoms with Gasteiger partial charge in [0.2, 0.25) is 0 Å². The molecule has 0 spiro atoms. The van der Waals surface area contributed by atoms with Crippen molar-refractivity contribution < 1.29 is 52.1 Å². The highest BCUT2D eigenvalue weighted by Crippen LogP contribution is 2.48. The van der Waals surface area contributed by atoms with Gasteiger partial charge in [0, 0.05) is 34.1 Å². The highest BCUT2D eigenvalue weighted by molar-refractivity contribution is 6.39. The fourth-order valence-corrected chi connectivity index (χ4v) is 9.67. The van der Waals surface area contributed by atoms with Crippen molar-refractivity contribution in [1.82, 2.24) is 10.3 Å². The lowest BCUT2D eigenvalue weighted by molar-refractivity contribution is -0.0473. The van der Waals surface area contributed by atoms with Gasteiger partial charge in [-0.3, -0.25) is 0 Å². The maximum absolute atomic E-state index is 12.5. The molecule has 6 heterocycles. The van der Waals surface area contributed by atoms with E-state index >= 15 is 0 Å². The fourth-order valence-electron chi connectivity index (χ4n) is 8.52. The summed E-state index contributed by atoms with van der Waals surface area (Å²) in [5.74, 6) is 1.95. The Balaban J connectivity index is 0.000000153. The second kappa shape index (κ2) is 18.1. The normalized spacial score (nSPS) is 27.5. The van der Waals surface area contributed by atoms with Crippen molar-refractivity contribution in [1.29, 1.82) is 0 Å². The Bertz CT molecular complexity index is 2370. The Morgan fingerprint density at radius 1 is 0.581 bits per heavy atom. The summed E-state index contributed by atoms with van der Waals surface area (Å²) in [4.78, 5) is 12.5.